The number of hydrogen-bond donors (Lipinski definition) is 2. The van der Waals surface area contributed by atoms with Crippen LogP contribution in [0.3, 0.4) is 0 Å². The first-order valence-corrected chi connectivity index (χ1v) is 6.64. The summed E-state index contributed by atoms with van der Waals surface area (Å²) in [6.45, 7) is 4.71. The fourth-order valence-electron chi connectivity index (χ4n) is 1.74. The van der Waals surface area contributed by atoms with Crippen molar-refractivity contribution in [1.29, 1.82) is 0 Å². The van der Waals surface area contributed by atoms with E-state index in [-0.39, 0.29) is 0 Å². The fraction of sp³-hybridized carbons (Fsp3) is 0.200. The number of anilines is 1. The van der Waals surface area contributed by atoms with E-state index in [1.54, 1.807) is 6.07 Å². The van der Waals surface area contributed by atoms with Gasteiger partial charge in [0.1, 0.15) is 5.75 Å². The van der Waals surface area contributed by atoms with E-state index in [1.165, 1.54) is 11.1 Å². The molecule has 0 aliphatic heterocycles. The monoisotopic (exact) mass is 305 g/mol. The second kappa shape index (κ2) is 5.44. The van der Waals surface area contributed by atoms with E-state index in [4.69, 9.17) is 0 Å². The molecule has 0 aliphatic carbocycles. The Morgan fingerprint density at radius 2 is 1.83 bits per heavy atom. The molecule has 2 rings (SSSR count). The summed E-state index contributed by atoms with van der Waals surface area (Å²) in [4.78, 5) is 0. The first kappa shape index (κ1) is 13.0. The fourth-order valence-corrected chi connectivity index (χ4v) is 1.99. The summed E-state index contributed by atoms with van der Waals surface area (Å²) in [5, 5.41) is 12.9. The lowest BCUT2D eigenvalue weighted by Gasteiger charge is -2.09. The molecule has 0 unspecified atom stereocenters. The summed E-state index contributed by atoms with van der Waals surface area (Å²) in [7, 11) is 0. The van der Waals surface area contributed by atoms with Crippen molar-refractivity contribution < 1.29 is 5.11 Å². The van der Waals surface area contributed by atoms with Crippen molar-refractivity contribution in [2.24, 2.45) is 0 Å². The van der Waals surface area contributed by atoms with Crippen LogP contribution in [0.1, 0.15) is 16.7 Å². The number of phenols is 1. The lowest BCUT2D eigenvalue weighted by Crippen LogP contribution is -1.99. The molecule has 2 N–H and O–H groups in total. The van der Waals surface area contributed by atoms with Crippen LogP contribution in [0.4, 0.5) is 5.69 Å². The van der Waals surface area contributed by atoms with Gasteiger partial charge in [0.25, 0.3) is 0 Å². The predicted octanol–water partition coefficient (Wildman–Crippen LogP) is 4.38. The average Bonchev–Trinajstić information content (AvgIpc) is 2.35. The minimum Gasteiger partial charge on any atom is -0.508 e. The summed E-state index contributed by atoms with van der Waals surface area (Å²) in [6.07, 6.45) is 0. The summed E-state index contributed by atoms with van der Waals surface area (Å²) >= 11 is 3.49. The standard InChI is InChI=1S/C15H16BrNO/c1-10-3-5-13(8-15(10)18)17-9-12-4-6-14(16)11(2)7-12/h3-8,17-18H,9H2,1-2H3. The van der Waals surface area contributed by atoms with E-state index in [9.17, 15) is 5.11 Å². The normalized spacial score (nSPS) is 10.4. The van der Waals surface area contributed by atoms with Crippen LogP contribution in [-0.2, 0) is 6.54 Å². The topological polar surface area (TPSA) is 32.3 Å². The molecule has 0 heterocycles. The molecule has 2 aromatic rings. The molecule has 2 aromatic carbocycles. The third-order valence-corrected chi connectivity index (χ3v) is 3.82. The molecule has 3 heteroatoms. The van der Waals surface area contributed by atoms with E-state index in [1.807, 2.05) is 19.1 Å². The van der Waals surface area contributed by atoms with Gasteiger partial charge in [-0.05, 0) is 42.7 Å². The van der Waals surface area contributed by atoms with E-state index in [2.05, 4.69) is 46.4 Å². The van der Waals surface area contributed by atoms with Crippen LogP contribution < -0.4 is 5.32 Å². The molecule has 0 saturated carbocycles. The molecular weight excluding hydrogens is 290 g/mol. The second-order valence-electron chi connectivity index (χ2n) is 4.44. The summed E-state index contributed by atoms with van der Waals surface area (Å²) < 4.78 is 1.12. The highest BCUT2D eigenvalue weighted by Crippen LogP contribution is 2.22. The highest BCUT2D eigenvalue weighted by Gasteiger charge is 2.00. The second-order valence-corrected chi connectivity index (χ2v) is 5.29. The maximum Gasteiger partial charge on any atom is 0.120 e. The molecule has 94 valence electrons. The van der Waals surface area contributed by atoms with Crippen molar-refractivity contribution in [3.63, 3.8) is 0 Å². The van der Waals surface area contributed by atoms with Crippen LogP contribution in [0, 0.1) is 13.8 Å². The van der Waals surface area contributed by atoms with Crippen molar-refractivity contribution in [2.75, 3.05) is 5.32 Å². The Kier molecular flexibility index (Phi) is 3.92. The van der Waals surface area contributed by atoms with Gasteiger partial charge in [-0.3, -0.25) is 0 Å². The van der Waals surface area contributed by atoms with Gasteiger partial charge in [0.2, 0.25) is 0 Å². The third kappa shape index (κ3) is 3.05. The molecule has 0 bridgehead atoms. The molecule has 0 amide bonds. The van der Waals surface area contributed by atoms with Crippen molar-refractivity contribution >= 4 is 21.6 Å². The van der Waals surface area contributed by atoms with Crippen LogP contribution in [0.15, 0.2) is 40.9 Å². The van der Waals surface area contributed by atoms with Gasteiger partial charge >= 0.3 is 0 Å². The molecule has 2 nitrogen and oxygen atoms in total. The highest BCUT2D eigenvalue weighted by molar-refractivity contribution is 9.10. The van der Waals surface area contributed by atoms with Gasteiger partial charge < -0.3 is 10.4 Å². The molecule has 18 heavy (non-hydrogen) atoms. The Bertz CT molecular complexity index is 515. The Labute approximate surface area is 116 Å². The molecule has 0 aromatic heterocycles. The van der Waals surface area contributed by atoms with Crippen LogP contribution in [0.2, 0.25) is 0 Å². The lowest BCUT2D eigenvalue weighted by atomic mass is 10.1. The number of phenolic OH excluding ortho intramolecular Hbond substituents is 1. The van der Waals surface area contributed by atoms with Crippen molar-refractivity contribution in [3.05, 3.63) is 57.6 Å². The highest BCUT2D eigenvalue weighted by atomic mass is 79.9. The number of hydrogen-bond acceptors (Lipinski definition) is 2. The average molecular weight is 306 g/mol. The van der Waals surface area contributed by atoms with Gasteiger partial charge in [0, 0.05) is 22.8 Å². The zero-order valence-electron chi connectivity index (χ0n) is 10.5. The molecule has 0 aliphatic rings. The van der Waals surface area contributed by atoms with Gasteiger partial charge in [-0.25, -0.2) is 0 Å². The molecule has 0 radical (unpaired) electrons. The van der Waals surface area contributed by atoms with Gasteiger partial charge in [0.05, 0.1) is 0 Å². The summed E-state index contributed by atoms with van der Waals surface area (Å²) in [5.74, 6) is 0.326. The summed E-state index contributed by atoms with van der Waals surface area (Å²) in [5.41, 5.74) is 4.26. The van der Waals surface area contributed by atoms with Gasteiger partial charge in [0.15, 0.2) is 0 Å². The zero-order chi connectivity index (χ0) is 13.1. The van der Waals surface area contributed by atoms with E-state index >= 15 is 0 Å². The number of halogens is 1. The van der Waals surface area contributed by atoms with E-state index in [0.717, 1.165) is 22.3 Å². The number of benzene rings is 2. The Balaban J connectivity index is 2.06. The van der Waals surface area contributed by atoms with Crippen LogP contribution >= 0.6 is 15.9 Å². The maximum atomic E-state index is 9.63. The predicted molar refractivity (Wildman–Crippen MR) is 79.0 cm³/mol. The first-order valence-electron chi connectivity index (χ1n) is 5.85. The largest absolute Gasteiger partial charge is 0.508 e. The number of aryl methyl sites for hydroxylation is 2. The van der Waals surface area contributed by atoms with Crippen LogP contribution in [0.5, 0.6) is 5.75 Å². The molecular formula is C15H16BrNO. The van der Waals surface area contributed by atoms with Gasteiger partial charge in [-0.15, -0.1) is 0 Å². The van der Waals surface area contributed by atoms with Crippen molar-refractivity contribution in [3.8, 4) is 5.75 Å². The maximum absolute atomic E-state index is 9.63. The minimum absolute atomic E-state index is 0.326. The molecule has 0 spiro atoms. The Morgan fingerprint density at radius 3 is 2.50 bits per heavy atom. The molecule has 0 atom stereocenters. The van der Waals surface area contributed by atoms with Gasteiger partial charge in [-0.1, -0.05) is 34.1 Å². The quantitative estimate of drug-likeness (QED) is 0.882. The van der Waals surface area contributed by atoms with E-state index in [0.29, 0.717) is 5.75 Å². The van der Waals surface area contributed by atoms with Gasteiger partial charge in [-0.2, -0.15) is 0 Å². The minimum atomic E-state index is 0.326. The zero-order valence-corrected chi connectivity index (χ0v) is 12.1. The van der Waals surface area contributed by atoms with Crippen LogP contribution in [-0.4, -0.2) is 5.11 Å². The summed E-state index contributed by atoms with van der Waals surface area (Å²) in [6, 6.07) is 11.9. The lowest BCUT2D eigenvalue weighted by molar-refractivity contribution is 0.471. The number of aromatic hydroxyl groups is 1. The number of rotatable bonds is 3. The van der Waals surface area contributed by atoms with Crippen molar-refractivity contribution in [2.45, 2.75) is 20.4 Å². The molecule has 0 fully saturated rings. The Morgan fingerprint density at radius 1 is 1.06 bits per heavy atom. The van der Waals surface area contributed by atoms with E-state index < -0.39 is 0 Å². The SMILES string of the molecule is Cc1ccc(NCc2ccc(Br)c(C)c2)cc1O. The Hall–Kier alpha value is -1.48. The smallest absolute Gasteiger partial charge is 0.120 e. The third-order valence-electron chi connectivity index (χ3n) is 2.93. The number of nitrogens with one attached hydrogen (secondary N) is 1. The molecule has 0 saturated heterocycles. The van der Waals surface area contributed by atoms with Crippen LogP contribution in [0.25, 0.3) is 0 Å². The first-order chi connectivity index (χ1) is 8.56. The van der Waals surface area contributed by atoms with Crippen molar-refractivity contribution in [1.82, 2.24) is 0 Å².